The normalized spacial score (nSPS) is 33.9. The highest BCUT2D eigenvalue weighted by Crippen LogP contribution is 2.39. The molecule has 118 valence electrons. The molecular formula is C17H32O3. The summed E-state index contributed by atoms with van der Waals surface area (Å²) in [5.74, 6) is 1.89. The second-order valence-corrected chi connectivity index (χ2v) is 6.64. The van der Waals surface area contributed by atoms with Gasteiger partial charge in [0.25, 0.3) is 0 Å². The van der Waals surface area contributed by atoms with E-state index in [4.69, 9.17) is 14.2 Å². The molecule has 2 aliphatic rings. The third-order valence-electron chi connectivity index (χ3n) is 5.08. The third-order valence-corrected chi connectivity index (χ3v) is 5.08. The van der Waals surface area contributed by atoms with Crippen LogP contribution in [0, 0.1) is 11.8 Å². The molecule has 3 heteroatoms. The van der Waals surface area contributed by atoms with Gasteiger partial charge in [0, 0.05) is 27.4 Å². The Morgan fingerprint density at radius 3 is 2.15 bits per heavy atom. The third kappa shape index (κ3) is 5.34. The van der Waals surface area contributed by atoms with Gasteiger partial charge in [0.05, 0.1) is 12.2 Å². The molecule has 0 aromatic carbocycles. The van der Waals surface area contributed by atoms with Crippen molar-refractivity contribution in [3.8, 4) is 0 Å². The summed E-state index contributed by atoms with van der Waals surface area (Å²) in [4.78, 5) is 0. The first-order valence-electron chi connectivity index (χ1n) is 8.45. The molecule has 0 aromatic heterocycles. The van der Waals surface area contributed by atoms with Gasteiger partial charge < -0.3 is 14.2 Å². The Morgan fingerprint density at radius 1 is 0.800 bits per heavy atom. The Morgan fingerprint density at radius 2 is 1.50 bits per heavy atom. The molecule has 0 amide bonds. The van der Waals surface area contributed by atoms with E-state index in [1.807, 2.05) is 7.11 Å². The van der Waals surface area contributed by atoms with Crippen molar-refractivity contribution in [3.05, 3.63) is 0 Å². The van der Waals surface area contributed by atoms with Crippen LogP contribution in [0.25, 0.3) is 0 Å². The predicted molar refractivity (Wildman–Crippen MR) is 80.9 cm³/mol. The summed E-state index contributed by atoms with van der Waals surface area (Å²) >= 11 is 0. The Bertz CT molecular complexity index is 243. The number of ether oxygens (including phenoxy) is 3. The standard InChI is InChI=1S/C17H32O3/c1-18-9-3-4-10-20-16-7-5-14(6-8-16)11-15-12-17(13-15)19-2/h14-17H,3-13H2,1-2H3. The van der Waals surface area contributed by atoms with E-state index in [1.165, 1.54) is 44.9 Å². The van der Waals surface area contributed by atoms with Crippen LogP contribution < -0.4 is 0 Å². The maximum Gasteiger partial charge on any atom is 0.0576 e. The summed E-state index contributed by atoms with van der Waals surface area (Å²) in [6.45, 7) is 1.77. The molecule has 0 spiro atoms. The van der Waals surface area contributed by atoms with Crippen LogP contribution in [0.2, 0.25) is 0 Å². The first kappa shape index (κ1) is 16.3. The molecule has 0 bridgehead atoms. The lowest BCUT2D eigenvalue weighted by Crippen LogP contribution is -2.33. The molecule has 2 fully saturated rings. The zero-order chi connectivity index (χ0) is 14.2. The van der Waals surface area contributed by atoms with E-state index in [1.54, 1.807) is 7.11 Å². The van der Waals surface area contributed by atoms with Crippen LogP contribution in [0.3, 0.4) is 0 Å². The molecule has 0 radical (unpaired) electrons. The maximum atomic E-state index is 5.98. The molecular weight excluding hydrogens is 252 g/mol. The molecule has 2 rings (SSSR count). The number of hydrogen-bond acceptors (Lipinski definition) is 3. The first-order chi connectivity index (χ1) is 9.81. The molecule has 0 unspecified atom stereocenters. The van der Waals surface area contributed by atoms with Crippen molar-refractivity contribution < 1.29 is 14.2 Å². The second kappa shape index (κ2) is 9.01. The monoisotopic (exact) mass is 284 g/mol. The van der Waals surface area contributed by atoms with E-state index in [2.05, 4.69) is 0 Å². The van der Waals surface area contributed by atoms with E-state index in [0.717, 1.165) is 37.9 Å². The molecule has 0 N–H and O–H groups in total. The van der Waals surface area contributed by atoms with Crippen LogP contribution in [0.15, 0.2) is 0 Å². The summed E-state index contributed by atoms with van der Waals surface area (Å²) in [7, 11) is 3.61. The minimum atomic E-state index is 0.530. The summed E-state index contributed by atoms with van der Waals surface area (Å²) < 4.78 is 16.4. The summed E-state index contributed by atoms with van der Waals surface area (Å²) in [5.41, 5.74) is 0. The van der Waals surface area contributed by atoms with Crippen LogP contribution in [-0.2, 0) is 14.2 Å². The molecule has 0 saturated heterocycles. The first-order valence-corrected chi connectivity index (χ1v) is 8.45. The van der Waals surface area contributed by atoms with Gasteiger partial charge in [0.1, 0.15) is 0 Å². The van der Waals surface area contributed by atoms with E-state index in [9.17, 15) is 0 Å². The SMILES string of the molecule is COCCCCOC1CCC(CC2CC(OC)C2)CC1. The average Bonchev–Trinajstić information content (AvgIpc) is 2.43. The highest BCUT2D eigenvalue weighted by molar-refractivity contribution is 4.83. The quantitative estimate of drug-likeness (QED) is 0.603. The number of methoxy groups -OCH3 is 2. The van der Waals surface area contributed by atoms with Gasteiger partial charge in [0.15, 0.2) is 0 Å². The Hall–Kier alpha value is -0.120. The average molecular weight is 284 g/mol. The van der Waals surface area contributed by atoms with Crippen LogP contribution in [0.4, 0.5) is 0 Å². The van der Waals surface area contributed by atoms with Gasteiger partial charge in [-0.25, -0.2) is 0 Å². The minimum absolute atomic E-state index is 0.530. The van der Waals surface area contributed by atoms with Gasteiger partial charge in [-0.3, -0.25) is 0 Å². The summed E-state index contributed by atoms with van der Waals surface area (Å²) in [6.07, 6.45) is 12.7. The minimum Gasteiger partial charge on any atom is -0.385 e. The number of unbranched alkanes of at least 4 members (excludes halogenated alkanes) is 1. The molecule has 2 aliphatic carbocycles. The zero-order valence-corrected chi connectivity index (χ0v) is 13.3. The lowest BCUT2D eigenvalue weighted by Gasteiger charge is -2.38. The van der Waals surface area contributed by atoms with Crippen LogP contribution in [-0.4, -0.2) is 39.6 Å². The molecule has 0 aromatic rings. The maximum absolute atomic E-state index is 5.98. The Kier molecular flexibility index (Phi) is 7.32. The highest BCUT2D eigenvalue weighted by Gasteiger charge is 2.32. The molecule has 0 aliphatic heterocycles. The van der Waals surface area contributed by atoms with Crippen LogP contribution >= 0.6 is 0 Å². The smallest absolute Gasteiger partial charge is 0.0576 e. The Balaban J connectivity index is 1.48. The molecule has 0 heterocycles. The molecule has 20 heavy (non-hydrogen) atoms. The van der Waals surface area contributed by atoms with E-state index >= 15 is 0 Å². The number of rotatable bonds is 9. The van der Waals surface area contributed by atoms with Gasteiger partial charge in [-0.1, -0.05) is 0 Å². The van der Waals surface area contributed by atoms with Crippen molar-refractivity contribution in [1.29, 1.82) is 0 Å². The van der Waals surface area contributed by atoms with Crippen molar-refractivity contribution in [1.82, 2.24) is 0 Å². The van der Waals surface area contributed by atoms with Gasteiger partial charge in [-0.2, -0.15) is 0 Å². The fourth-order valence-electron chi connectivity index (χ4n) is 3.66. The lowest BCUT2D eigenvalue weighted by molar-refractivity contribution is -0.0186. The fraction of sp³-hybridized carbons (Fsp3) is 1.00. The predicted octanol–water partition coefficient (Wildman–Crippen LogP) is 3.80. The summed E-state index contributed by atoms with van der Waals surface area (Å²) in [5, 5.41) is 0. The summed E-state index contributed by atoms with van der Waals surface area (Å²) in [6, 6.07) is 0. The van der Waals surface area contributed by atoms with E-state index < -0.39 is 0 Å². The van der Waals surface area contributed by atoms with Crippen molar-refractivity contribution in [3.63, 3.8) is 0 Å². The van der Waals surface area contributed by atoms with E-state index in [0.29, 0.717) is 12.2 Å². The van der Waals surface area contributed by atoms with Gasteiger partial charge in [-0.05, 0) is 69.6 Å². The topological polar surface area (TPSA) is 27.7 Å². The Labute approximate surface area is 124 Å². The van der Waals surface area contributed by atoms with Crippen molar-refractivity contribution >= 4 is 0 Å². The van der Waals surface area contributed by atoms with Crippen LogP contribution in [0.5, 0.6) is 0 Å². The van der Waals surface area contributed by atoms with Crippen molar-refractivity contribution in [2.45, 2.75) is 70.0 Å². The van der Waals surface area contributed by atoms with E-state index in [-0.39, 0.29) is 0 Å². The largest absolute Gasteiger partial charge is 0.385 e. The zero-order valence-electron chi connectivity index (χ0n) is 13.3. The second-order valence-electron chi connectivity index (χ2n) is 6.64. The lowest BCUT2D eigenvalue weighted by atomic mass is 9.73. The van der Waals surface area contributed by atoms with Gasteiger partial charge >= 0.3 is 0 Å². The molecule has 2 saturated carbocycles. The van der Waals surface area contributed by atoms with Gasteiger partial charge in [0.2, 0.25) is 0 Å². The van der Waals surface area contributed by atoms with Crippen molar-refractivity contribution in [2.24, 2.45) is 11.8 Å². The molecule has 0 atom stereocenters. The number of hydrogen-bond donors (Lipinski definition) is 0. The van der Waals surface area contributed by atoms with Gasteiger partial charge in [-0.15, -0.1) is 0 Å². The van der Waals surface area contributed by atoms with Crippen LogP contribution in [0.1, 0.15) is 57.8 Å². The molecule has 3 nitrogen and oxygen atoms in total. The van der Waals surface area contributed by atoms with Crippen molar-refractivity contribution in [2.75, 3.05) is 27.4 Å². The highest BCUT2D eigenvalue weighted by atomic mass is 16.5. The fourth-order valence-corrected chi connectivity index (χ4v) is 3.66.